The number of alkyl halides is 3. The first kappa shape index (κ1) is 12.0. The molecule has 0 bridgehead atoms. The number of nitrogens with zero attached hydrogens (tertiary/aromatic N) is 2. The molecule has 0 saturated carbocycles. The van der Waals surface area contributed by atoms with E-state index in [2.05, 4.69) is 5.10 Å². The van der Waals surface area contributed by atoms with Crippen LogP contribution in [0.5, 0.6) is 0 Å². The highest BCUT2D eigenvalue weighted by Gasteiger charge is 2.37. The Hall–Kier alpha value is -1.08. The highest BCUT2D eigenvalue weighted by molar-refractivity contribution is 5.20. The molecule has 15 heavy (non-hydrogen) atoms. The number of aliphatic hydroxyl groups excluding tert-OH is 1. The lowest BCUT2D eigenvalue weighted by atomic mass is 10.1. The lowest BCUT2D eigenvalue weighted by molar-refractivity contribution is -0.142. The third-order valence-corrected chi connectivity index (χ3v) is 1.90. The summed E-state index contributed by atoms with van der Waals surface area (Å²) in [6, 6.07) is 0. The number of aryl methyl sites for hydroxylation is 1. The van der Waals surface area contributed by atoms with Crippen molar-refractivity contribution < 1.29 is 18.3 Å². The fourth-order valence-electron chi connectivity index (χ4n) is 1.26. The Morgan fingerprint density at radius 3 is 2.67 bits per heavy atom. The van der Waals surface area contributed by atoms with Gasteiger partial charge < -0.3 is 10.8 Å². The monoisotopic (exact) mass is 223 g/mol. The van der Waals surface area contributed by atoms with Gasteiger partial charge in [0.1, 0.15) is 0 Å². The summed E-state index contributed by atoms with van der Waals surface area (Å²) in [4.78, 5) is 0. The molecular weight excluding hydrogens is 211 g/mol. The van der Waals surface area contributed by atoms with Crippen LogP contribution in [-0.4, -0.2) is 27.5 Å². The molecule has 0 aliphatic heterocycles. The Labute approximate surface area is 84.5 Å². The van der Waals surface area contributed by atoms with E-state index in [0.717, 1.165) is 4.68 Å². The number of nitrogens with two attached hydrogens (primary N) is 1. The highest BCUT2D eigenvalue weighted by atomic mass is 19.4. The molecule has 0 amide bonds. The molecule has 1 unspecified atom stereocenters. The molecule has 1 aromatic heterocycles. The fraction of sp³-hybridized carbons (Fsp3) is 0.625. The quantitative estimate of drug-likeness (QED) is 0.774. The van der Waals surface area contributed by atoms with Gasteiger partial charge in [0.15, 0.2) is 5.69 Å². The van der Waals surface area contributed by atoms with Gasteiger partial charge >= 0.3 is 6.18 Å². The zero-order valence-electron chi connectivity index (χ0n) is 8.12. The molecule has 0 aromatic carbocycles. The minimum absolute atomic E-state index is 0.0389. The minimum atomic E-state index is -4.50. The molecule has 3 N–H and O–H groups in total. The highest BCUT2D eigenvalue weighted by Crippen LogP contribution is 2.30. The first-order chi connectivity index (χ1) is 6.84. The number of halogens is 3. The van der Waals surface area contributed by atoms with Crippen LogP contribution < -0.4 is 5.73 Å². The Bertz CT molecular complexity index is 334. The Balaban J connectivity index is 2.96. The van der Waals surface area contributed by atoms with E-state index in [1.807, 2.05) is 0 Å². The second kappa shape index (κ2) is 4.19. The fourth-order valence-corrected chi connectivity index (χ4v) is 1.26. The first-order valence-corrected chi connectivity index (χ1v) is 4.32. The van der Waals surface area contributed by atoms with Crippen molar-refractivity contribution in [2.24, 2.45) is 12.8 Å². The molecular formula is C8H12F3N3O. The number of aromatic nitrogens is 2. The van der Waals surface area contributed by atoms with Gasteiger partial charge in [0.25, 0.3) is 0 Å². The Morgan fingerprint density at radius 1 is 1.60 bits per heavy atom. The predicted molar refractivity (Wildman–Crippen MR) is 47.0 cm³/mol. The van der Waals surface area contributed by atoms with Crippen LogP contribution in [0.4, 0.5) is 13.2 Å². The van der Waals surface area contributed by atoms with Gasteiger partial charge in [-0.05, 0) is 0 Å². The molecule has 0 fully saturated rings. The summed E-state index contributed by atoms with van der Waals surface area (Å²) >= 11 is 0. The van der Waals surface area contributed by atoms with Crippen molar-refractivity contribution in [1.82, 2.24) is 9.78 Å². The van der Waals surface area contributed by atoms with Gasteiger partial charge in [0.2, 0.25) is 0 Å². The standard InChI is InChI=1S/C8H12F3N3O/c1-14-4-5(2-6(15)3-12)7(13-14)8(9,10)11/h4,6,15H,2-3,12H2,1H3. The maximum Gasteiger partial charge on any atom is 0.435 e. The summed E-state index contributed by atoms with van der Waals surface area (Å²) in [5.41, 5.74) is 4.13. The number of rotatable bonds is 3. The van der Waals surface area contributed by atoms with Gasteiger partial charge in [-0.25, -0.2) is 0 Å². The van der Waals surface area contributed by atoms with E-state index in [0.29, 0.717) is 0 Å². The second-order valence-electron chi connectivity index (χ2n) is 3.27. The van der Waals surface area contributed by atoms with Crippen molar-refractivity contribution in [2.75, 3.05) is 6.54 Å². The van der Waals surface area contributed by atoms with Crippen molar-refractivity contribution in [3.8, 4) is 0 Å². The van der Waals surface area contributed by atoms with Crippen molar-refractivity contribution in [1.29, 1.82) is 0 Å². The lowest BCUT2D eigenvalue weighted by Crippen LogP contribution is -2.23. The molecule has 0 aliphatic rings. The predicted octanol–water partition coefficient (Wildman–Crippen LogP) is 0.301. The van der Waals surface area contributed by atoms with Crippen LogP contribution in [0, 0.1) is 0 Å². The van der Waals surface area contributed by atoms with Crippen molar-refractivity contribution in [2.45, 2.75) is 18.7 Å². The molecule has 0 spiro atoms. The van der Waals surface area contributed by atoms with E-state index < -0.39 is 18.0 Å². The molecule has 1 atom stereocenters. The minimum Gasteiger partial charge on any atom is -0.391 e. The molecule has 1 aromatic rings. The molecule has 7 heteroatoms. The zero-order chi connectivity index (χ0) is 11.6. The Morgan fingerprint density at radius 2 is 2.20 bits per heavy atom. The summed E-state index contributed by atoms with van der Waals surface area (Å²) < 4.78 is 38.4. The van der Waals surface area contributed by atoms with Crippen LogP contribution in [-0.2, 0) is 19.6 Å². The van der Waals surface area contributed by atoms with Crippen molar-refractivity contribution in [3.05, 3.63) is 17.5 Å². The van der Waals surface area contributed by atoms with Crippen LogP contribution in [0.1, 0.15) is 11.3 Å². The summed E-state index contributed by atoms with van der Waals surface area (Å²) in [6.45, 7) is -0.0772. The molecule has 4 nitrogen and oxygen atoms in total. The van der Waals surface area contributed by atoms with Crippen LogP contribution in [0.2, 0.25) is 0 Å². The van der Waals surface area contributed by atoms with E-state index in [9.17, 15) is 18.3 Å². The van der Waals surface area contributed by atoms with Crippen LogP contribution >= 0.6 is 0 Å². The van der Waals surface area contributed by atoms with Crippen LogP contribution in [0.15, 0.2) is 6.20 Å². The summed E-state index contributed by atoms with van der Waals surface area (Å²) in [5.74, 6) is 0. The molecule has 86 valence electrons. The lowest BCUT2D eigenvalue weighted by Gasteiger charge is -2.08. The van der Waals surface area contributed by atoms with Crippen LogP contribution in [0.25, 0.3) is 0 Å². The SMILES string of the molecule is Cn1cc(CC(O)CN)c(C(F)(F)F)n1. The van der Waals surface area contributed by atoms with E-state index >= 15 is 0 Å². The molecule has 0 aliphatic carbocycles. The van der Waals surface area contributed by atoms with Gasteiger partial charge in [-0.1, -0.05) is 0 Å². The Kier molecular flexibility index (Phi) is 3.35. The van der Waals surface area contributed by atoms with E-state index in [4.69, 9.17) is 5.73 Å². The zero-order valence-corrected chi connectivity index (χ0v) is 8.12. The maximum atomic E-state index is 12.4. The normalized spacial score (nSPS) is 14.3. The second-order valence-corrected chi connectivity index (χ2v) is 3.27. The topological polar surface area (TPSA) is 64.1 Å². The van der Waals surface area contributed by atoms with Gasteiger partial charge in [0, 0.05) is 31.8 Å². The summed E-state index contributed by atoms with van der Waals surface area (Å²) in [5, 5.41) is 12.5. The van der Waals surface area contributed by atoms with E-state index in [-0.39, 0.29) is 18.5 Å². The molecule has 1 rings (SSSR count). The van der Waals surface area contributed by atoms with Gasteiger partial charge in [0.05, 0.1) is 6.10 Å². The molecule has 0 saturated heterocycles. The average Bonchev–Trinajstić information content (AvgIpc) is 2.45. The van der Waals surface area contributed by atoms with Gasteiger partial charge in [-0.15, -0.1) is 0 Å². The summed E-state index contributed by atoms with van der Waals surface area (Å²) in [6.07, 6.45) is -4.37. The smallest absolute Gasteiger partial charge is 0.391 e. The largest absolute Gasteiger partial charge is 0.435 e. The third kappa shape index (κ3) is 2.93. The van der Waals surface area contributed by atoms with E-state index in [1.54, 1.807) is 0 Å². The van der Waals surface area contributed by atoms with Crippen molar-refractivity contribution in [3.63, 3.8) is 0 Å². The number of hydrogen-bond acceptors (Lipinski definition) is 3. The van der Waals surface area contributed by atoms with Crippen molar-refractivity contribution >= 4 is 0 Å². The maximum absolute atomic E-state index is 12.4. The average molecular weight is 223 g/mol. The number of aliphatic hydroxyl groups is 1. The van der Waals surface area contributed by atoms with E-state index in [1.165, 1.54) is 13.2 Å². The number of hydrogen-bond donors (Lipinski definition) is 2. The molecule has 1 heterocycles. The summed E-state index contributed by atoms with van der Waals surface area (Å²) in [7, 11) is 1.40. The van der Waals surface area contributed by atoms with Gasteiger partial charge in [-0.3, -0.25) is 4.68 Å². The van der Waals surface area contributed by atoms with Crippen LogP contribution in [0.3, 0.4) is 0 Å². The molecule has 0 radical (unpaired) electrons. The third-order valence-electron chi connectivity index (χ3n) is 1.90. The first-order valence-electron chi connectivity index (χ1n) is 4.32. The van der Waals surface area contributed by atoms with Gasteiger partial charge in [-0.2, -0.15) is 18.3 Å².